The molecule has 0 radical (unpaired) electrons. The van der Waals surface area contributed by atoms with Crippen molar-refractivity contribution in [2.75, 3.05) is 5.43 Å². The predicted molar refractivity (Wildman–Crippen MR) is 67.7 cm³/mol. The minimum absolute atomic E-state index is 0.0557. The van der Waals surface area contributed by atoms with Crippen molar-refractivity contribution in [3.05, 3.63) is 45.9 Å². The summed E-state index contributed by atoms with van der Waals surface area (Å²) in [6, 6.07) is 3.43. The minimum atomic E-state index is -0.858. The number of aromatic nitrogens is 2. The molecular weight excluding hydrogens is 269 g/mol. The summed E-state index contributed by atoms with van der Waals surface area (Å²) >= 11 is 0. The second kappa shape index (κ2) is 5.45. The fraction of sp³-hybridized carbons (Fsp3) is 0.0909. The number of hydrogen-bond donors (Lipinski definition) is 2. The van der Waals surface area contributed by atoms with Gasteiger partial charge in [0.05, 0.1) is 11.0 Å². The van der Waals surface area contributed by atoms with Gasteiger partial charge in [-0.1, -0.05) is 0 Å². The first-order valence-corrected chi connectivity index (χ1v) is 5.43. The minimum Gasteiger partial charge on any atom is -0.436 e. The molecule has 104 valence electrons. The molecule has 1 aromatic carbocycles. The Labute approximate surface area is 112 Å². The molecule has 0 fully saturated rings. The van der Waals surface area contributed by atoms with E-state index in [0.29, 0.717) is 0 Å². The Hall–Kier alpha value is -2.81. The van der Waals surface area contributed by atoms with Crippen LogP contribution < -0.4 is 16.0 Å². The average molecular weight is 279 g/mol. The molecule has 0 atom stereocenters. The molecule has 2 aromatic rings. The molecule has 20 heavy (non-hydrogen) atoms. The van der Waals surface area contributed by atoms with Crippen molar-refractivity contribution in [2.45, 2.75) is 6.92 Å². The summed E-state index contributed by atoms with van der Waals surface area (Å²) in [5.41, 5.74) is 2.18. The van der Waals surface area contributed by atoms with E-state index in [1.165, 1.54) is 25.3 Å². The standard InChI is InChI=1S/C11H10FN5O3/c1-6-4-9(7(12)5-8(6)17(18)19)20-10-2-3-14-11(15-10)16-13/h2-5H,13H2,1H3,(H,14,15,16). The summed E-state index contributed by atoms with van der Waals surface area (Å²) in [6.07, 6.45) is 1.37. The molecule has 0 saturated carbocycles. The zero-order valence-corrected chi connectivity index (χ0v) is 10.3. The van der Waals surface area contributed by atoms with E-state index in [1.807, 2.05) is 0 Å². The van der Waals surface area contributed by atoms with Crippen molar-refractivity contribution in [1.82, 2.24) is 9.97 Å². The van der Waals surface area contributed by atoms with Gasteiger partial charge in [0, 0.05) is 17.8 Å². The molecule has 0 aliphatic heterocycles. The highest BCUT2D eigenvalue weighted by atomic mass is 19.1. The largest absolute Gasteiger partial charge is 0.436 e. The average Bonchev–Trinajstić information content (AvgIpc) is 2.42. The number of hydrazine groups is 1. The van der Waals surface area contributed by atoms with Gasteiger partial charge in [-0.05, 0) is 13.0 Å². The first kappa shape index (κ1) is 13.6. The van der Waals surface area contributed by atoms with Crippen LogP contribution in [0.4, 0.5) is 16.0 Å². The molecule has 0 unspecified atom stereocenters. The molecule has 8 nitrogen and oxygen atoms in total. The molecule has 1 aromatic heterocycles. The Morgan fingerprint density at radius 1 is 1.50 bits per heavy atom. The number of nitrogens with zero attached hydrogens (tertiary/aromatic N) is 3. The third-order valence-corrected chi connectivity index (χ3v) is 2.42. The molecule has 2 rings (SSSR count). The van der Waals surface area contributed by atoms with Gasteiger partial charge in [-0.15, -0.1) is 0 Å². The summed E-state index contributed by atoms with van der Waals surface area (Å²) in [7, 11) is 0. The third kappa shape index (κ3) is 2.78. The van der Waals surface area contributed by atoms with Gasteiger partial charge in [-0.25, -0.2) is 15.2 Å². The van der Waals surface area contributed by atoms with Crippen LogP contribution in [0.15, 0.2) is 24.4 Å². The lowest BCUT2D eigenvalue weighted by Crippen LogP contribution is -2.10. The number of nitrogen functional groups attached to an aromatic ring is 1. The van der Waals surface area contributed by atoms with Crippen LogP contribution in [0.5, 0.6) is 11.6 Å². The molecule has 0 amide bonds. The topological polar surface area (TPSA) is 116 Å². The second-order valence-corrected chi connectivity index (χ2v) is 3.79. The van der Waals surface area contributed by atoms with E-state index in [1.54, 1.807) is 0 Å². The van der Waals surface area contributed by atoms with Crippen LogP contribution in [0.2, 0.25) is 0 Å². The molecule has 0 aliphatic carbocycles. The lowest BCUT2D eigenvalue weighted by molar-refractivity contribution is -0.385. The molecule has 1 heterocycles. The third-order valence-electron chi connectivity index (χ3n) is 2.42. The maximum atomic E-state index is 13.7. The van der Waals surface area contributed by atoms with Crippen molar-refractivity contribution in [3.8, 4) is 11.6 Å². The van der Waals surface area contributed by atoms with Crippen molar-refractivity contribution in [3.63, 3.8) is 0 Å². The fourth-order valence-electron chi connectivity index (χ4n) is 1.50. The molecule has 0 spiro atoms. The maximum Gasteiger partial charge on any atom is 0.275 e. The SMILES string of the molecule is Cc1cc(Oc2ccnc(NN)n2)c(F)cc1[N+](=O)[O-]. The van der Waals surface area contributed by atoms with Crippen LogP contribution >= 0.6 is 0 Å². The number of hydrogen-bond acceptors (Lipinski definition) is 7. The number of nitro groups is 1. The maximum absolute atomic E-state index is 13.7. The summed E-state index contributed by atoms with van der Waals surface area (Å²) < 4.78 is 19.0. The van der Waals surface area contributed by atoms with Crippen molar-refractivity contribution in [2.24, 2.45) is 5.84 Å². The van der Waals surface area contributed by atoms with Gasteiger partial charge in [0.2, 0.25) is 11.8 Å². The van der Waals surface area contributed by atoms with E-state index in [9.17, 15) is 14.5 Å². The number of anilines is 1. The number of halogens is 1. The highest BCUT2D eigenvalue weighted by Gasteiger charge is 2.17. The van der Waals surface area contributed by atoms with Crippen LogP contribution in [0.1, 0.15) is 5.56 Å². The van der Waals surface area contributed by atoms with Gasteiger partial charge in [0.1, 0.15) is 0 Å². The van der Waals surface area contributed by atoms with Crippen molar-refractivity contribution in [1.29, 1.82) is 0 Å². The van der Waals surface area contributed by atoms with Gasteiger partial charge in [-0.3, -0.25) is 15.5 Å². The predicted octanol–water partition coefficient (Wildman–Crippen LogP) is 1.91. The van der Waals surface area contributed by atoms with E-state index in [0.717, 1.165) is 6.07 Å². The number of aryl methyl sites for hydroxylation is 1. The van der Waals surface area contributed by atoms with E-state index >= 15 is 0 Å². The summed E-state index contributed by atoms with van der Waals surface area (Å²) in [5, 5.41) is 10.7. The van der Waals surface area contributed by atoms with E-state index in [2.05, 4.69) is 15.4 Å². The van der Waals surface area contributed by atoms with Crippen LogP contribution in [0.3, 0.4) is 0 Å². The normalized spacial score (nSPS) is 10.2. The number of nitrogens with two attached hydrogens (primary N) is 1. The van der Waals surface area contributed by atoms with E-state index in [-0.39, 0.29) is 28.8 Å². The second-order valence-electron chi connectivity index (χ2n) is 3.79. The van der Waals surface area contributed by atoms with Crippen LogP contribution in [0.25, 0.3) is 0 Å². The molecule has 0 saturated heterocycles. The molecule has 0 aliphatic rings. The van der Waals surface area contributed by atoms with Crippen LogP contribution in [0, 0.1) is 22.9 Å². The fourth-order valence-corrected chi connectivity index (χ4v) is 1.50. The van der Waals surface area contributed by atoms with Crippen molar-refractivity contribution < 1.29 is 14.1 Å². The zero-order valence-electron chi connectivity index (χ0n) is 10.3. The Bertz CT molecular complexity index is 665. The molecular formula is C11H10FN5O3. The first-order chi connectivity index (χ1) is 9.51. The Kier molecular flexibility index (Phi) is 3.71. The van der Waals surface area contributed by atoms with Crippen LogP contribution in [-0.2, 0) is 0 Å². The Balaban J connectivity index is 2.34. The monoisotopic (exact) mass is 279 g/mol. The summed E-state index contributed by atoms with van der Waals surface area (Å²) in [5.74, 6) is 4.26. The number of rotatable bonds is 4. The van der Waals surface area contributed by atoms with Gasteiger partial charge >= 0.3 is 0 Å². The zero-order chi connectivity index (χ0) is 14.7. The highest BCUT2D eigenvalue weighted by molar-refractivity contribution is 5.46. The summed E-state index contributed by atoms with van der Waals surface area (Å²) in [4.78, 5) is 17.6. The van der Waals surface area contributed by atoms with Crippen LogP contribution in [-0.4, -0.2) is 14.9 Å². The molecule has 0 bridgehead atoms. The van der Waals surface area contributed by atoms with E-state index in [4.69, 9.17) is 10.6 Å². The summed E-state index contributed by atoms with van der Waals surface area (Å²) in [6.45, 7) is 1.48. The van der Waals surface area contributed by atoms with Gasteiger partial charge in [0.25, 0.3) is 5.69 Å². The lowest BCUT2D eigenvalue weighted by Gasteiger charge is -2.07. The number of nitrogens with one attached hydrogen (secondary N) is 1. The van der Waals surface area contributed by atoms with Gasteiger partial charge in [0.15, 0.2) is 11.6 Å². The van der Waals surface area contributed by atoms with Gasteiger partial charge in [-0.2, -0.15) is 4.98 Å². The number of ether oxygens (including phenoxy) is 1. The van der Waals surface area contributed by atoms with Crippen molar-refractivity contribution >= 4 is 11.6 Å². The van der Waals surface area contributed by atoms with Gasteiger partial charge < -0.3 is 4.74 Å². The number of nitro benzene ring substituents is 1. The number of benzene rings is 1. The Morgan fingerprint density at radius 2 is 2.25 bits per heavy atom. The molecule has 3 N–H and O–H groups in total. The smallest absolute Gasteiger partial charge is 0.275 e. The highest BCUT2D eigenvalue weighted by Crippen LogP contribution is 2.29. The molecule has 9 heteroatoms. The lowest BCUT2D eigenvalue weighted by atomic mass is 10.2. The first-order valence-electron chi connectivity index (χ1n) is 5.43. The quantitative estimate of drug-likeness (QED) is 0.498. The Morgan fingerprint density at radius 3 is 2.90 bits per heavy atom. The van der Waals surface area contributed by atoms with E-state index < -0.39 is 10.7 Å².